The van der Waals surface area contributed by atoms with Crippen LogP contribution in [0.25, 0.3) is 0 Å². The van der Waals surface area contributed by atoms with Gasteiger partial charge in [0.05, 0.1) is 5.92 Å². The van der Waals surface area contributed by atoms with Crippen LogP contribution >= 0.6 is 0 Å². The molecule has 4 atom stereocenters. The Morgan fingerprint density at radius 2 is 1.87 bits per heavy atom. The molecule has 0 spiro atoms. The lowest BCUT2D eigenvalue weighted by atomic mass is 9.73. The van der Waals surface area contributed by atoms with E-state index >= 15 is 0 Å². The van der Waals surface area contributed by atoms with E-state index in [2.05, 4.69) is 15.7 Å². The second-order valence-corrected chi connectivity index (χ2v) is 7.75. The highest BCUT2D eigenvalue weighted by Crippen LogP contribution is 2.39. The molecule has 4 heterocycles. The van der Waals surface area contributed by atoms with Gasteiger partial charge in [0, 0.05) is 37.8 Å². The molecule has 0 aromatic carbocycles. The SMILES string of the molecule is O=C1CCC[C@@H]2[C@@H]3C=[N+]4CCCC[C@H]4[C@@H](C3)CN12.[O-][Cl+3]([O-])([O-])[O-]. The van der Waals surface area contributed by atoms with Crippen molar-refractivity contribution in [2.24, 2.45) is 11.8 Å². The Labute approximate surface area is 137 Å². The van der Waals surface area contributed by atoms with Gasteiger partial charge in [-0.3, -0.25) is 4.79 Å². The van der Waals surface area contributed by atoms with E-state index in [1.807, 2.05) is 0 Å². The number of hydrogen-bond donors (Lipinski definition) is 0. The van der Waals surface area contributed by atoms with Crippen LogP contribution in [0.2, 0.25) is 0 Å². The minimum atomic E-state index is -4.94. The molecule has 23 heavy (non-hydrogen) atoms. The molecule has 4 aliphatic heterocycles. The van der Waals surface area contributed by atoms with Gasteiger partial charge in [0.25, 0.3) is 0 Å². The van der Waals surface area contributed by atoms with Crippen molar-refractivity contribution in [3.8, 4) is 0 Å². The summed E-state index contributed by atoms with van der Waals surface area (Å²) in [5, 5.41) is 0. The zero-order valence-electron chi connectivity index (χ0n) is 13.1. The molecule has 4 aliphatic rings. The largest absolute Gasteiger partial charge is 0.338 e. The fraction of sp³-hybridized carbons (Fsp3) is 0.867. The van der Waals surface area contributed by atoms with Crippen LogP contribution < -0.4 is 18.6 Å². The quantitative estimate of drug-likeness (QED) is 0.431. The molecule has 0 aliphatic carbocycles. The van der Waals surface area contributed by atoms with E-state index in [4.69, 9.17) is 18.6 Å². The molecule has 0 N–H and O–H groups in total. The summed E-state index contributed by atoms with van der Waals surface area (Å²) in [5.74, 6) is 1.83. The number of carbonyl (C=O) groups excluding carboxylic acids is 1. The highest BCUT2D eigenvalue weighted by molar-refractivity contribution is 5.78. The standard InChI is InChI=1S/C15H23N2O.ClHO4/c18-15-6-3-5-14-11-8-12(10-17(14)15)13-4-1-2-7-16(13)9-11;2-1(3,4)5/h9,11-14H,1-8,10H2;(H,2,3,4,5)/q+1;/p-1/t11-,12-,13-,14+;/m0./s1. The number of amides is 1. The second kappa shape index (κ2) is 6.64. The minimum absolute atomic E-state index is 0.429. The van der Waals surface area contributed by atoms with Gasteiger partial charge in [-0.2, -0.15) is 0 Å². The smallest absolute Gasteiger partial charge is 0.222 e. The van der Waals surface area contributed by atoms with Gasteiger partial charge in [-0.1, -0.05) is 0 Å². The first-order valence-corrected chi connectivity index (χ1v) is 9.58. The Hall–Kier alpha value is -0.730. The van der Waals surface area contributed by atoms with Gasteiger partial charge in [-0.25, -0.2) is 23.2 Å². The first-order valence-electron chi connectivity index (χ1n) is 8.35. The van der Waals surface area contributed by atoms with Crippen molar-refractivity contribution < 1.29 is 38.2 Å². The van der Waals surface area contributed by atoms with Crippen molar-refractivity contribution in [1.29, 1.82) is 0 Å². The van der Waals surface area contributed by atoms with Crippen molar-refractivity contribution in [1.82, 2.24) is 4.90 Å². The van der Waals surface area contributed by atoms with Crippen molar-refractivity contribution in [3.63, 3.8) is 0 Å². The monoisotopic (exact) mass is 346 g/mol. The number of fused-ring (bicyclic) bond motifs is 6. The summed E-state index contributed by atoms with van der Waals surface area (Å²) in [6, 6.07) is 1.27. The van der Waals surface area contributed by atoms with Gasteiger partial charge in [0.1, 0.15) is 12.8 Å². The number of hydrogen-bond acceptors (Lipinski definition) is 5. The van der Waals surface area contributed by atoms with Crippen LogP contribution in [-0.4, -0.2) is 46.8 Å². The summed E-state index contributed by atoms with van der Waals surface area (Å²) >= 11 is 0. The van der Waals surface area contributed by atoms with Gasteiger partial charge >= 0.3 is 0 Å². The third-order valence-corrected chi connectivity index (χ3v) is 5.63. The van der Waals surface area contributed by atoms with E-state index in [9.17, 15) is 4.79 Å². The lowest BCUT2D eigenvalue weighted by Crippen LogP contribution is -2.68. The first-order chi connectivity index (χ1) is 10.8. The molecule has 0 aromatic rings. The van der Waals surface area contributed by atoms with Crippen molar-refractivity contribution >= 4 is 12.1 Å². The molecule has 130 valence electrons. The number of nitrogens with zero attached hydrogens (tertiary/aromatic N) is 2. The van der Waals surface area contributed by atoms with Gasteiger partial charge in [0.15, 0.2) is 6.04 Å². The Bertz CT molecular complexity index is 487. The molecule has 7 nitrogen and oxygen atoms in total. The van der Waals surface area contributed by atoms with Crippen molar-refractivity contribution in [2.75, 3.05) is 13.1 Å². The number of halogens is 1. The maximum atomic E-state index is 12.1. The van der Waals surface area contributed by atoms with E-state index in [1.54, 1.807) is 0 Å². The summed E-state index contributed by atoms with van der Waals surface area (Å²) < 4.78 is 36.6. The molecular weight excluding hydrogens is 324 g/mol. The van der Waals surface area contributed by atoms with Gasteiger partial charge in [-0.15, -0.1) is 10.2 Å². The molecule has 3 fully saturated rings. The van der Waals surface area contributed by atoms with Gasteiger partial charge in [0.2, 0.25) is 5.91 Å². The van der Waals surface area contributed by atoms with E-state index in [1.165, 1.54) is 38.6 Å². The molecule has 1 amide bonds. The molecule has 3 saturated heterocycles. The van der Waals surface area contributed by atoms with E-state index in [0.29, 0.717) is 17.9 Å². The fourth-order valence-corrected chi connectivity index (χ4v) is 4.82. The summed E-state index contributed by atoms with van der Waals surface area (Å²) in [4.78, 5) is 14.4. The van der Waals surface area contributed by atoms with E-state index in [-0.39, 0.29) is 0 Å². The first kappa shape index (κ1) is 17.1. The zero-order chi connectivity index (χ0) is 16.6. The van der Waals surface area contributed by atoms with Crippen molar-refractivity contribution in [3.05, 3.63) is 0 Å². The number of rotatable bonds is 0. The summed E-state index contributed by atoms with van der Waals surface area (Å²) in [6.07, 6.45) is 11.1. The van der Waals surface area contributed by atoms with E-state index in [0.717, 1.165) is 31.3 Å². The Morgan fingerprint density at radius 1 is 1.13 bits per heavy atom. The van der Waals surface area contributed by atoms with Crippen LogP contribution in [0.5, 0.6) is 0 Å². The molecule has 0 radical (unpaired) electrons. The van der Waals surface area contributed by atoms with Gasteiger partial charge < -0.3 is 4.90 Å². The van der Waals surface area contributed by atoms with Crippen molar-refractivity contribution in [2.45, 2.75) is 57.0 Å². The molecule has 4 rings (SSSR count). The highest BCUT2D eigenvalue weighted by Gasteiger charge is 2.49. The molecule has 8 heteroatoms. The Balaban J connectivity index is 0.000000276. The van der Waals surface area contributed by atoms with E-state index < -0.39 is 10.2 Å². The molecule has 0 aromatic heterocycles. The summed E-state index contributed by atoms with van der Waals surface area (Å²) in [7, 11) is -4.94. The fourth-order valence-electron chi connectivity index (χ4n) is 4.82. The maximum absolute atomic E-state index is 12.1. The second-order valence-electron chi connectivity index (χ2n) is 6.99. The Morgan fingerprint density at radius 3 is 2.61 bits per heavy atom. The lowest BCUT2D eigenvalue weighted by Gasteiger charge is -2.49. The predicted molar refractivity (Wildman–Crippen MR) is 69.8 cm³/mol. The predicted octanol–water partition coefficient (Wildman–Crippen LogP) is -3.10. The highest BCUT2D eigenvalue weighted by atomic mass is 35.7. The summed E-state index contributed by atoms with van der Waals surface area (Å²) in [6.45, 7) is 2.31. The molecule has 2 bridgehead atoms. The van der Waals surface area contributed by atoms with Crippen LogP contribution in [0.3, 0.4) is 0 Å². The van der Waals surface area contributed by atoms with Crippen LogP contribution in [0, 0.1) is 22.1 Å². The third-order valence-electron chi connectivity index (χ3n) is 5.63. The molecule has 0 unspecified atom stereocenters. The molecular formula is C15H23ClN2O5. The Kier molecular flexibility index (Phi) is 4.94. The third kappa shape index (κ3) is 4.03. The van der Waals surface area contributed by atoms with Crippen LogP contribution in [0.15, 0.2) is 0 Å². The zero-order valence-corrected chi connectivity index (χ0v) is 13.8. The molecule has 0 saturated carbocycles. The minimum Gasteiger partial charge on any atom is -0.338 e. The lowest BCUT2D eigenvalue weighted by molar-refractivity contribution is -2.00. The van der Waals surface area contributed by atoms with Gasteiger partial charge in [-0.05, 0) is 25.7 Å². The average molecular weight is 347 g/mol. The number of carbonyl (C=O) groups is 1. The van der Waals surface area contributed by atoms with Crippen LogP contribution in [0.4, 0.5) is 0 Å². The average Bonchev–Trinajstić information content (AvgIpc) is 2.47. The topological polar surface area (TPSA) is 116 Å². The number of piperidine rings is 3. The van der Waals surface area contributed by atoms with Crippen LogP contribution in [0.1, 0.15) is 44.9 Å². The normalized spacial score (nSPS) is 36.3. The maximum Gasteiger partial charge on any atom is 0.222 e. The summed E-state index contributed by atoms with van der Waals surface area (Å²) in [5.41, 5.74) is 0. The van der Waals surface area contributed by atoms with Crippen LogP contribution in [-0.2, 0) is 4.79 Å².